The van der Waals surface area contributed by atoms with Crippen LogP contribution in [0.25, 0.3) is 0 Å². The second-order valence-corrected chi connectivity index (χ2v) is 5.27. The quantitative estimate of drug-likeness (QED) is 0.761. The van der Waals surface area contributed by atoms with Crippen LogP contribution in [0.2, 0.25) is 5.02 Å². The van der Waals surface area contributed by atoms with Gasteiger partial charge in [-0.3, -0.25) is 14.5 Å². The molecule has 16 heavy (non-hydrogen) atoms. The molecule has 84 valence electrons. The molecule has 1 atom stereocenters. The summed E-state index contributed by atoms with van der Waals surface area (Å²) in [7, 11) is 1.52. The van der Waals surface area contributed by atoms with Crippen molar-refractivity contribution < 1.29 is 9.59 Å². The molecule has 1 aromatic rings. The molecule has 0 spiro atoms. The first kappa shape index (κ1) is 11.5. The SMILES string of the molecule is CN1C(=O)CC(Sc2ccc(Cl)cc2)C1=O. The number of likely N-dealkylation sites (tertiary alicyclic amines) is 1. The zero-order valence-corrected chi connectivity index (χ0v) is 10.2. The molecule has 2 amide bonds. The third-order valence-corrected chi connectivity index (χ3v) is 3.88. The topological polar surface area (TPSA) is 37.4 Å². The molecule has 5 heteroatoms. The number of thioether (sulfide) groups is 1. The first-order valence-corrected chi connectivity index (χ1v) is 6.06. The summed E-state index contributed by atoms with van der Waals surface area (Å²) in [6.07, 6.45) is 0.280. The van der Waals surface area contributed by atoms with Gasteiger partial charge < -0.3 is 0 Å². The molecule has 0 aromatic heterocycles. The van der Waals surface area contributed by atoms with Gasteiger partial charge in [-0.2, -0.15) is 0 Å². The van der Waals surface area contributed by atoms with E-state index in [1.807, 2.05) is 12.1 Å². The summed E-state index contributed by atoms with van der Waals surface area (Å²) in [5.41, 5.74) is 0. The standard InChI is InChI=1S/C11H10ClNO2S/c1-13-10(14)6-9(11(13)15)16-8-4-2-7(12)3-5-8/h2-5,9H,6H2,1H3. The fourth-order valence-electron chi connectivity index (χ4n) is 1.49. The third-order valence-electron chi connectivity index (χ3n) is 2.43. The number of hydrogen-bond donors (Lipinski definition) is 0. The second kappa shape index (κ2) is 4.47. The second-order valence-electron chi connectivity index (χ2n) is 3.56. The molecule has 0 bridgehead atoms. The number of rotatable bonds is 2. The van der Waals surface area contributed by atoms with Crippen molar-refractivity contribution in [1.82, 2.24) is 4.90 Å². The number of amides is 2. The van der Waals surface area contributed by atoms with E-state index in [-0.39, 0.29) is 23.5 Å². The Morgan fingerprint density at radius 1 is 1.31 bits per heavy atom. The lowest BCUT2D eigenvalue weighted by Gasteiger charge is -2.08. The van der Waals surface area contributed by atoms with Gasteiger partial charge in [0, 0.05) is 23.4 Å². The molecular weight excluding hydrogens is 246 g/mol. The summed E-state index contributed by atoms with van der Waals surface area (Å²) in [6.45, 7) is 0. The van der Waals surface area contributed by atoms with Crippen LogP contribution in [-0.2, 0) is 9.59 Å². The molecule has 1 aliphatic rings. The number of hydrogen-bond acceptors (Lipinski definition) is 3. The molecule has 1 saturated heterocycles. The largest absolute Gasteiger partial charge is 0.285 e. The molecule has 0 N–H and O–H groups in total. The summed E-state index contributed by atoms with van der Waals surface area (Å²) in [5.74, 6) is -0.235. The van der Waals surface area contributed by atoms with Crippen LogP contribution in [0.3, 0.4) is 0 Å². The maximum Gasteiger partial charge on any atom is 0.242 e. The highest BCUT2D eigenvalue weighted by molar-refractivity contribution is 8.00. The molecule has 0 aliphatic carbocycles. The van der Waals surface area contributed by atoms with Gasteiger partial charge in [0.2, 0.25) is 11.8 Å². The lowest BCUT2D eigenvalue weighted by molar-refractivity contribution is -0.136. The molecule has 2 rings (SSSR count). The molecule has 0 radical (unpaired) electrons. The van der Waals surface area contributed by atoms with Crippen molar-refractivity contribution >= 4 is 35.2 Å². The minimum absolute atomic E-state index is 0.114. The van der Waals surface area contributed by atoms with E-state index in [2.05, 4.69) is 0 Å². The number of imide groups is 1. The van der Waals surface area contributed by atoms with Gasteiger partial charge in [0.25, 0.3) is 0 Å². The Morgan fingerprint density at radius 2 is 1.94 bits per heavy atom. The Kier molecular flexibility index (Phi) is 3.21. The van der Waals surface area contributed by atoms with E-state index < -0.39 is 0 Å². The Labute approximate surface area is 103 Å². The molecule has 1 aliphatic heterocycles. The predicted molar refractivity (Wildman–Crippen MR) is 63.5 cm³/mol. The summed E-state index contributed by atoms with van der Waals surface area (Å²) < 4.78 is 0. The first-order valence-electron chi connectivity index (χ1n) is 4.80. The summed E-state index contributed by atoms with van der Waals surface area (Å²) >= 11 is 7.17. The van der Waals surface area contributed by atoms with Crippen molar-refractivity contribution in [2.45, 2.75) is 16.6 Å². The third kappa shape index (κ3) is 2.23. The smallest absolute Gasteiger partial charge is 0.242 e. The maximum atomic E-state index is 11.6. The molecule has 0 saturated carbocycles. The van der Waals surface area contributed by atoms with Crippen LogP contribution in [0.15, 0.2) is 29.2 Å². The van der Waals surface area contributed by atoms with Gasteiger partial charge in [0.15, 0.2) is 0 Å². The van der Waals surface area contributed by atoms with Crippen LogP contribution in [0, 0.1) is 0 Å². The fraction of sp³-hybridized carbons (Fsp3) is 0.273. The first-order chi connectivity index (χ1) is 7.58. The highest BCUT2D eigenvalue weighted by Gasteiger charge is 2.36. The lowest BCUT2D eigenvalue weighted by atomic mass is 10.3. The summed E-state index contributed by atoms with van der Waals surface area (Å²) in [5, 5.41) is 0.369. The zero-order valence-electron chi connectivity index (χ0n) is 8.64. The lowest BCUT2D eigenvalue weighted by Crippen LogP contribution is -2.26. The Bertz CT molecular complexity index is 432. The van der Waals surface area contributed by atoms with Gasteiger partial charge in [-0.25, -0.2) is 0 Å². The number of halogens is 1. The van der Waals surface area contributed by atoms with E-state index in [4.69, 9.17) is 11.6 Å². The van der Waals surface area contributed by atoms with Crippen molar-refractivity contribution in [1.29, 1.82) is 0 Å². The highest BCUT2D eigenvalue weighted by Crippen LogP contribution is 2.31. The van der Waals surface area contributed by atoms with Crippen LogP contribution in [0.4, 0.5) is 0 Å². The van der Waals surface area contributed by atoms with Crippen LogP contribution in [0.1, 0.15) is 6.42 Å². The van der Waals surface area contributed by atoms with Crippen molar-refractivity contribution in [3.8, 4) is 0 Å². The molecule has 1 heterocycles. The van der Waals surface area contributed by atoms with Crippen molar-refractivity contribution in [3.05, 3.63) is 29.3 Å². The minimum atomic E-state index is -0.293. The average molecular weight is 256 g/mol. The number of benzene rings is 1. The Balaban J connectivity index is 2.09. The van der Waals surface area contributed by atoms with Gasteiger partial charge in [-0.1, -0.05) is 11.6 Å². The molecule has 3 nitrogen and oxygen atoms in total. The number of carbonyl (C=O) groups excluding carboxylic acids is 2. The van der Waals surface area contributed by atoms with Gasteiger partial charge in [0.05, 0.1) is 5.25 Å². The average Bonchev–Trinajstić information content (AvgIpc) is 2.50. The maximum absolute atomic E-state index is 11.6. The van der Waals surface area contributed by atoms with Crippen molar-refractivity contribution in [3.63, 3.8) is 0 Å². The van der Waals surface area contributed by atoms with Crippen LogP contribution >= 0.6 is 23.4 Å². The van der Waals surface area contributed by atoms with E-state index in [1.54, 1.807) is 12.1 Å². The summed E-state index contributed by atoms with van der Waals surface area (Å²) in [4.78, 5) is 25.1. The molecular formula is C11H10ClNO2S. The summed E-state index contributed by atoms with van der Waals surface area (Å²) in [6, 6.07) is 7.25. The minimum Gasteiger partial charge on any atom is -0.285 e. The molecule has 1 unspecified atom stereocenters. The fourth-order valence-corrected chi connectivity index (χ4v) is 2.72. The van der Waals surface area contributed by atoms with Gasteiger partial charge in [0.1, 0.15) is 0 Å². The normalized spacial score (nSPS) is 20.6. The van der Waals surface area contributed by atoms with Crippen LogP contribution < -0.4 is 0 Å². The molecule has 1 fully saturated rings. The van der Waals surface area contributed by atoms with Crippen LogP contribution in [-0.4, -0.2) is 29.0 Å². The molecule has 1 aromatic carbocycles. The van der Waals surface area contributed by atoms with E-state index in [1.165, 1.54) is 23.7 Å². The van der Waals surface area contributed by atoms with E-state index in [9.17, 15) is 9.59 Å². The van der Waals surface area contributed by atoms with Gasteiger partial charge >= 0.3 is 0 Å². The number of nitrogens with zero attached hydrogens (tertiary/aromatic N) is 1. The number of carbonyl (C=O) groups is 2. The van der Waals surface area contributed by atoms with E-state index in [0.717, 1.165) is 4.90 Å². The van der Waals surface area contributed by atoms with Gasteiger partial charge in [-0.15, -0.1) is 11.8 Å². The monoisotopic (exact) mass is 255 g/mol. The Hall–Kier alpha value is -1.00. The van der Waals surface area contributed by atoms with E-state index >= 15 is 0 Å². The zero-order chi connectivity index (χ0) is 11.7. The highest BCUT2D eigenvalue weighted by atomic mass is 35.5. The predicted octanol–water partition coefficient (Wildman–Crippen LogP) is 2.19. The Morgan fingerprint density at radius 3 is 2.44 bits per heavy atom. The van der Waals surface area contributed by atoms with Crippen LogP contribution in [0.5, 0.6) is 0 Å². The van der Waals surface area contributed by atoms with Crippen molar-refractivity contribution in [2.24, 2.45) is 0 Å². The van der Waals surface area contributed by atoms with E-state index in [0.29, 0.717) is 5.02 Å². The van der Waals surface area contributed by atoms with Crippen molar-refractivity contribution in [2.75, 3.05) is 7.05 Å². The van der Waals surface area contributed by atoms with Gasteiger partial charge in [-0.05, 0) is 24.3 Å².